The van der Waals surface area contributed by atoms with Gasteiger partial charge in [-0.2, -0.15) is 0 Å². The molecule has 0 aliphatic carbocycles. The van der Waals surface area contributed by atoms with Crippen molar-refractivity contribution < 1.29 is 9.26 Å². The van der Waals surface area contributed by atoms with Gasteiger partial charge in [0.1, 0.15) is 12.0 Å². The second-order valence-corrected chi connectivity index (χ2v) is 3.45. The van der Waals surface area contributed by atoms with Gasteiger partial charge in [-0.25, -0.2) is 0 Å². The number of nitrogens with one attached hydrogen (secondary N) is 1. The summed E-state index contributed by atoms with van der Waals surface area (Å²) < 4.78 is 9.90. The Hall–Kier alpha value is -1.81. The van der Waals surface area contributed by atoms with E-state index < -0.39 is 0 Å². The van der Waals surface area contributed by atoms with Gasteiger partial charge in [0.15, 0.2) is 0 Å². The van der Waals surface area contributed by atoms with Crippen LogP contribution in [0.5, 0.6) is 5.75 Å². The SMILES string of the molecule is COc1cccc(CNCc2ccon2)c1. The summed E-state index contributed by atoms with van der Waals surface area (Å²) in [7, 11) is 1.67. The van der Waals surface area contributed by atoms with Crippen LogP contribution in [0.4, 0.5) is 0 Å². The molecule has 4 nitrogen and oxygen atoms in total. The molecule has 0 saturated heterocycles. The summed E-state index contributed by atoms with van der Waals surface area (Å²) in [6, 6.07) is 9.82. The predicted molar refractivity (Wildman–Crippen MR) is 60.0 cm³/mol. The van der Waals surface area contributed by atoms with Crippen LogP contribution in [0.1, 0.15) is 11.3 Å². The van der Waals surface area contributed by atoms with Crippen LogP contribution < -0.4 is 10.1 Å². The number of ether oxygens (including phenoxy) is 1. The monoisotopic (exact) mass is 218 g/mol. The maximum Gasteiger partial charge on any atom is 0.124 e. The van der Waals surface area contributed by atoms with E-state index in [1.54, 1.807) is 13.4 Å². The number of aromatic nitrogens is 1. The van der Waals surface area contributed by atoms with E-state index in [2.05, 4.69) is 16.5 Å². The lowest BCUT2D eigenvalue weighted by molar-refractivity contribution is 0.408. The molecule has 16 heavy (non-hydrogen) atoms. The van der Waals surface area contributed by atoms with Crippen LogP contribution >= 0.6 is 0 Å². The number of rotatable bonds is 5. The smallest absolute Gasteiger partial charge is 0.124 e. The first-order valence-electron chi connectivity index (χ1n) is 5.11. The molecule has 1 aromatic heterocycles. The highest BCUT2D eigenvalue weighted by atomic mass is 16.5. The lowest BCUT2D eigenvalue weighted by Crippen LogP contribution is -2.12. The van der Waals surface area contributed by atoms with Crippen molar-refractivity contribution in [1.29, 1.82) is 0 Å². The van der Waals surface area contributed by atoms with Gasteiger partial charge in [-0.05, 0) is 17.7 Å². The molecule has 0 amide bonds. The molecule has 0 atom stereocenters. The second-order valence-electron chi connectivity index (χ2n) is 3.45. The molecule has 0 aliphatic heterocycles. The second kappa shape index (κ2) is 5.32. The fourth-order valence-electron chi connectivity index (χ4n) is 1.45. The van der Waals surface area contributed by atoms with Crippen molar-refractivity contribution in [2.45, 2.75) is 13.1 Å². The molecular weight excluding hydrogens is 204 g/mol. The highest BCUT2D eigenvalue weighted by molar-refractivity contribution is 5.28. The summed E-state index contributed by atoms with van der Waals surface area (Å²) in [5, 5.41) is 7.10. The van der Waals surface area contributed by atoms with Gasteiger partial charge in [-0.1, -0.05) is 17.3 Å². The van der Waals surface area contributed by atoms with E-state index in [1.165, 1.54) is 5.56 Å². The van der Waals surface area contributed by atoms with Crippen LogP contribution in [0.15, 0.2) is 41.1 Å². The Morgan fingerprint density at radius 2 is 2.25 bits per heavy atom. The van der Waals surface area contributed by atoms with Gasteiger partial charge >= 0.3 is 0 Å². The first kappa shape index (κ1) is 10.7. The molecule has 0 unspecified atom stereocenters. The average Bonchev–Trinajstić information content (AvgIpc) is 2.82. The zero-order valence-electron chi connectivity index (χ0n) is 9.14. The maximum absolute atomic E-state index is 5.15. The number of hydrogen-bond donors (Lipinski definition) is 1. The van der Waals surface area contributed by atoms with Crippen molar-refractivity contribution in [3.05, 3.63) is 47.9 Å². The van der Waals surface area contributed by atoms with Crippen molar-refractivity contribution in [2.24, 2.45) is 0 Å². The van der Waals surface area contributed by atoms with Crippen LogP contribution in [0.25, 0.3) is 0 Å². The number of hydrogen-bond acceptors (Lipinski definition) is 4. The third-order valence-corrected chi connectivity index (χ3v) is 2.26. The van der Waals surface area contributed by atoms with Gasteiger partial charge in [-0.15, -0.1) is 0 Å². The van der Waals surface area contributed by atoms with Gasteiger partial charge in [0.25, 0.3) is 0 Å². The third-order valence-electron chi connectivity index (χ3n) is 2.26. The van der Waals surface area contributed by atoms with Crippen molar-refractivity contribution in [3.8, 4) is 5.75 Å². The van der Waals surface area contributed by atoms with E-state index in [1.807, 2.05) is 24.3 Å². The van der Waals surface area contributed by atoms with E-state index in [9.17, 15) is 0 Å². The summed E-state index contributed by atoms with van der Waals surface area (Å²) in [6.07, 6.45) is 1.57. The largest absolute Gasteiger partial charge is 0.497 e. The van der Waals surface area contributed by atoms with Gasteiger partial charge in [0.05, 0.1) is 12.8 Å². The van der Waals surface area contributed by atoms with E-state index in [-0.39, 0.29) is 0 Å². The summed E-state index contributed by atoms with van der Waals surface area (Å²) in [6.45, 7) is 1.48. The molecule has 2 rings (SSSR count). The van der Waals surface area contributed by atoms with Crippen LogP contribution in [0.2, 0.25) is 0 Å². The topological polar surface area (TPSA) is 47.3 Å². The molecule has 0 spiro atoms. The Morgan fingerprint density at radius 3 is 3.00 bits per heavy atom. The van der Waals surface area contributed by atoms with Crippen LogP contribution in [-0.2, 0) is 13.1 Å². The van der Waals surface area contributed by atoms with Crippen molar-refractivity contribution in [2.75, 3.05) is 7.11 Å². The van der Waals surface area contributed by atoms with Crippen molar-refractivity contribution in [1.82, 2.24) is 10.5 Å². The standard InChI is InChI=1S/C12H14N2O2/c1-15-12-4-2-3-10(7-12)8-13-9-11-5-6-16-14-11/h2-7,13H,8-9H2,1H3. The van der Waals surface area contributed by atoms with E-state index in [0.717, 1.165) is 18.0 Å². The Kier molecular flexibility index (Phi) is 3.56. The van der Waals surface area contributed by atoms with Crippen LogP contribution in [0, 0.1) is 0 Å². The number of nitrogens with zero attached hydrogens (tertiary/aromatic N) is 1. The normalized spacial score (nSPS) is 10.3. The lowest BCUT2D eigenvalue weighted by Gasteiger charge is -2.05. The quantitative estimate of drug-likeness (QED) is 0.833. The first-order chi connectivity index (χ1) is 7.88. The van der Waals surface area contributed by atoms with Crippen molar-refractivity contribution in [3.63, 3.8) is 0 Å². The molecule has 0 radical (unpaired) electrons. The fraction of sp³-hybridized carbons (Fsp3) is 0.250. The molecule has 1 heterocycles. The predicted octanol–water partition coefficient (Wildman–Crippen LogP) is 1.97. The summed E-state index contributed by atoms with van der Waals surface area (Å²) in [5.41, 5.74) is 2.09. The van der Waals surface area contributed by atoms with Gasteiger partial charge in [-0.3, -0.25) is 0 Å². The minimum atomic E-state index is 0.702. The fourth-order valence-corrected chi connectivity index (χ4v) is 1.45. The number of methoxy groups -OCH3 is 1. The molecule has 4 heteroatoms. The van der Waals surface area contributed by atoms with Gasteiger partial charge in [0, 0.05) is 19.2 Å². The molecular formula is C12H14N2O2. The lowest BCUT2D eigenvalue weighted by atomic mass is 10.2. The van der Waals surface area contributed by atoms with E-state index >= 15 is 0 Å². The van der Waals surface area contributed by atoms with E-state index in [0.29, 0.717) is 6.54 Å². The van der Waals surface area contributed by atoms with E-state index in [4.69, 9.17) is 9.26 Å². The molecule has 0 bridgehead atoms. The zero-order chi connectivity index (χ0) is 11.2. The summed E-state index contributed by atoms with van der Waals surface area (Å²) in [4.78, 5) is 0. The number of benzene rings is 1. The van der Waals surface area contributed by atoms with Gasteiger partial charge < -0.3 is 14.6 Å². The average molecular weight is 218 g/mol. The minimum Gasteiger partial charge on any atom is -0.497 e. The highest BCUT2D eigenvalue weighted by Crippen LogP contribution is 2.12. The van der Waals surface area contributed by atoms with Gasteiger partial charge in [0.2, 0.25) is 0 Å². The Labute approximate surface area is 94.2 Å². The molecule has 0 saturated carbocycles. The minimum absolute atomic E-state index is 0.702. The highest BCUT2D eigenvalue weighted by Gasteiger charge is 1.98. The third kappa shape index (κ3) is 2.84. The summed E-state index contributed by atoms with van der Waals surface area (Å²) >= 11 is 0. The van der Waals surface area contributed by atoms with Crippen LogP contribution in [0.3, 0.4) is 0 Å². The van der Waals surface area contributed by atoms with Crippen molar-refractivity contribution >= 4 is 0 Å². The summed E-state index contributed by atoms with van der Waals surface area (Å²) in [5.74, 6) is 0.876. The van der Waals surface area contributed by atoms with Crippen LogP contribution in [-0.4, -0.2) is 12.3 Å². The first-order valence-corrected chi connectivity index (χ1v) is 5.11. The molecule has 1 aromatic carbocycles. The Morgan fingerprint density at radius 1 is 1.31 bits per heavy atom. The maximum atomic E-state index is 5.15. The molecule has 84 valence electrons. The molecule has 1 N–H and O–H groups in total. The Bertz CT molecular complexity index is 426. The molecule has 0 aliphatic rings. The molecule has 2 aromatic rings. The molecule has 0 fully saturated rings. The Balaban J connectivity index is 1.85. The zero-order valence-corrected chi connectivity index (χ0v) is 9.14.